The smallest absolute Gasteiger partial charge is 0.416 e. The zero-order valence-electron chi connectivity index (χ0n) is 23.2. The van der Waals surface area contributed by atoms with Gasteiger partial charge >= 0.3 is 12.2 Å². The minimum atomic E-state index is -4.55. The molecule has 0 N–H and O–H groups in total. The number of amides is 1. The first kappa shape index (κ1) is 29.7. The maximum Gasteiger partial charge on any atom is 0.416 e. The van der Waals surface area contributed by atoms with Crippen LogP contribution in [0, 0.1) is 11.3 Å². The zero-order valence-corrected chi connectivity index (χ0v) is 23.2. The molecule has 0 saturated carbocycles. The molecule has 0 spiro atoms. The Labute approximate surface area is 241 Å². The van der Waals surface area contributed by atoms with Crippen LogP contribution in [0.2, 0.25) is 0 Å². The van der Waals surface area contributed by atoms with Crippen molar-refractivity contribution < 1.29 is 31.8 Å². The van der Waals surface area contributed by atoms with Gasteiger partial charge in [0.05, 0.1) is 42.5 Å². The molecular formula is C29H32F4N6O3. The van der Waals surface area contributed by atoms with E-state index in [4.69, 9.17) is 9.47 Å². The van der Waals surface area contributed by atoms with Gasteiger partial charge in [-0.05, 0) is 38.1 Å². The fourth-order valence-corrected chi connectivity index (χ4v) is 5.90. The number of hydrogen-bond donors (Lipinski definition) is 0. The molecule has 1 amide bonds. The molecule has 1 aromatic heterocycles. The average molecular weight is 589 g/mol. The third-order valence-electron chi connectivity index (χ3n) is 8.15. The number of hydrogen-bond acceptors (Lipinski definition) is 8. The molecule has 224 valence electrons. The summed E-state index contributed by atoms with van der Waals surface area (Å²) in [7, 11) is 2.02. The number of nitriles is 1. The van der Waals surface area contributed by atoms with E-state index in [0.717, 1.165) is 25.5 Å². The highest BCUT2D eigenvalue weighted by atomic mass is 19.4. The van der Waals surface area contributed by atoms with Crippen LogP contribution in [0.15, 0.2) is 36.7 Å². The van der Waals surface area contributed by atoms with E-state index < -0.39 is 35.6 Å². The Morgan fingerprint density at radius 1 is 1.21 bits per heavy atom. The van der Waals surface area contributed by atoms with Gasteiger partial charge in [0.2, 0.25) is 0 Å². The normalized spacial score (nSPS) is 22.9. The second kappa shape index (κ2) is 12.2. The predicted octanol–water partition coefficient (Wildman–Crippen LogP) is 4.20. The highest BCUT2D eigenvalue weighted by molar-refractivity contribution is 5.91. The van der Waals surface area contributed by atoms with Crippen LogP contribution in [0.1, 0.15) is 47.8 Å². The number of piperazine rings is 1. The van der Waals surface area contributed by atoms with Crippen LogP contribution < -0.4 is 9.64 Å². The van der Waals surface area contributed by atoms with Crippen LogP contribution in [-0.4, -0.2) is 77.6 Å². The first-order valence-electron chi connectivity index (χ1n) is 13.8. The third kappa shape index (κ3) is 6.19. The average Bonchev–Trinajstić information content (AvgIpc) is 3.39. The van der Waals surface area contributed by atoms with Crippen molar-refractivity contribution in [3.8, 4) is 12.1 Å². The zero-order chi connectivity index (χ0) is 30.0. The van der Waals surface area contributed by atoms with E-state index in [0.29, 0.717) is 23.7 Å². The number of alkyl halides is 3. The Bertz CT molecular complexity index is 1380. The second-order valence-corrected chi connectivity index (χ2v) is 10.8. The number of anilines is 1. The Kier molecular flexibility index (Phi) is 8.65. The largest absolute Gasteiger partial charge is 0.462 e. The molecule has 42 heavy (non-hydrogen) atoms. The van der Waals surface area contributed by atoms with E-state index in [1.165, 1.54) is 17.0 Å². The van der Waals surface area contributed by atoms with Gasteiger partial charge in [0.1, 0.15) is 12.4 Å². The maximum absolute atomic E-state index is 13.8. The number of likely N-dealkylation sites (tertiary alicyclic amines) is 1. The minimum absolute atomic E-state index is 0.0264. The maximum atomic E-state index is 13.8. The van der Waals surface area contributed by atoms with Crippen LogP contribution in [0.5, 0.6) is 6.01 Å². The number of fused-ring (bicyclic) bond motifs is 1. The molecule has 0 aliphatic carbocycles. The van der Waals surface area contributed by atoms with Crippen molar-refractivity contribution in [2.45, 2.75) is 56.7 Å². The number of aromatic nitrogens is 2. The Morgan fingerprint density at radius 3 is 2.69 bits per heavy atom. The van der Waals surface area contributed by atoms with E-state index in [9.17, 15) is 27.6 Å². The molecule has 0 unspecified atom stereocenters. The van der Waals surface area contributed by atoms with E-state index >= 15 is 0 Å². The second-order valence-electron chi connectivity index (χ2n) is 10.8. The summed E-state index contributed by atoms with van der Waals surface area (Å²) < 4.78 is 67.1. The van der Waals surface area contributed by atoms with Gasteiger partial charge in [-0.25, -0.2) is 4.39 Å². The number of nitrogens with zero attached hydrogens (tertiary/aromatic N) is 6. The van der Waals surface area contributed by atoms with Gasteiger partial charge in [0.25, 0.3) is 5.91 Å². The molecule has 1 aromatic carbocycles. The predicted molar refractivity (Wildman–Crippen MR) is 144 cm³/mol. The number of likely N-dealkylation sites (N-methyl/N-ethyl adjacent to an activating group) is 1. The fourth-order valence-electron chi connectivity index (χ4n) is 5.90. The van der Waals surface area contributed by atoms with Crippen LogP contribution in [-0.2, 0) is 28.7 Å². The van der Waals surface area contributed by atoms with Gasteiger partial charge in [-0.1, -0.05) is 24.8 Å². The summed E-state index contributed by atoms with van der Waals surface area (Å²) in [5.74, 6) is -1.50. The molecule has 5 rings (SSSR count). The summed E-state index contributed by atoms with van der Waals surface area (Å²) in [6.45, 7) is 4.94. The van der Waals surface area contributed by atoms with Crippen molar-refractivity contribution in [2.75, 3.05) is 44.7 Å². The van der Waals surface area contributed by atoms with Gasteiger partial charge in [-0.3, -0.25) is 4.79 Å². The molecule has 0 radical (unpaired) electrons. The summed E-state index contributed by atoms with van der Waals surface area (Å²) in [5, 5.41) is 9.39. The number of carbonyl (C=O) groups is 1. The van der Waals surface area contributed by atoms with Crippen LogP contribution >= 0.6 is 0 Å². The SMILES string of the molecule is C=C(F)C(=O)N1CCN(c2nc(OC[C@@H]3CCCN3C)nc3c2CO[C@@H](c2ccccc2C(F)(F)F)C3)C[C@@H]1CC#N. The highest BCUT2D eigenvalue weighted by Gasteiger charge is 2.39. The van der Waals surface area contributed by atoms with E-state index in [1.54, 1.807) is 6.07 Å². The lowest BCUT2D eigenvalue weighted by atomic mass is 9.95. The van der Waals surface area contributed by atoms with Crippen molar-refractivity contribution in [2.24, 2.45) is 0 Å². The summed E-state index contributed by atoms with van der Waals surface area (Å²) in [6, 6.07) is 7.05. The lowest BCUT2D eigenvalue weighted by Crippen LogP contribution is -2.55. The number of rotatable bonds is 7. The lowest BCUT2D eigenvalue weighted by molar-refractivity contribution is -0.139. The number of carbonyl (C=O) groups excluding carboxylic acids is 1. The highest BCUT2D eigenvalue weighted by Crippen LogP contribution is 2.41. The first-order chi connectivity index (χ1) is 20.1. The molecule has 9 nitrogen and oxygen atoms in total. The first-order valence-corrected chi connectivity index (χ1v) is 13.8. The van der Waals surface area contributed by atoms with Crippen LogP contribution in [0.25, 0.3) is 0 Å². The molecule has 13 heteroatoms. The van der Waals surface area contributed by atoms with Crippen LogP contribution in [0.4, 0.5) is 23.4 Å². The number of ether oxygens (including phenoxy) is 2. The van der Waals surface area contributed by atoms with Crippen molar-refractivity contribution >= 4 is 11.7 Å². The summed E-state index contributed by atoms with van der Waals surface area (Å²) >= 11 is 0. The standard InChI is InChI=1S/C29H32F4N6O3/c1-18(30)27(40)39-13-12-38(15-19(39)9-10-34)26-22-17-41-25(21-7-3-4-8-23(21)29(31,32)33)14-24(22)35-28(36-26)42-16-20-6-5-11-37(20)2/h3-4,7-8,19-20,25H,1,5-6,9,11-17H2,2H3/t19-,20-,25+/m0/s1. The quantitative estimate of drug-likeness (QED) is 0.351. The van der Waals surface area contributed by atoms with Crippen molar-refractivity contribution in [1.29, 1.82) is 5.26 Å². The van der Waals surface area contributed by atoms with Gasteiger partial charge in [-0.2, -0.15) is 28.4 Å². The Morgan fingerprint density at radius 2 is 2.00 bits per heavy atom. The van der Waals surface area contributed by atoms with Crippen molar-refractivity contribution in [3.63, 3.8) is 0 Å². The van der Waals surface area contributed by atoms with Gasteiger partial charge in [0.15, 0.2) is 5.83 Å². The fraction of sp³-hybridized carbons (Fsp3) is 0.517. The van der Waals surface area contributed by atoms with Gasteiger partial charge in [0, 0.05) is 37.7 Å². The molecule has 2 saturated heterocycles. The van der Waals surface area contributed by atoms with Crippen molar-refractivity contribution in [3.05, 3.63) is 59.1 Å². The molecule has 2 aromatic rings. The molecular weight excluding hydrogens is 556 g/mol. The van der Waals surface area contributed by atoms with E-state index in [1.807, 2.05) is 11.9 Å². The summed E-state index contributed by atoms with van der Waals surface area (Å²) in [6.07, 6.45) is -3.39. The minimum Gasteiger partial charge on any atom is -0.462 e. The summed E-state index contributed by atoms with van der Waals surface area (Å²) in [4.78, 5) is 27.1. The monoisotopic (exact) mass is 588 g/mol. The van der Waals surface area contributed by atoms with Crippen LogP contribution in [0.3, 0.4) is 0 Å². The number of benzene rings is 1. The molecule has 3 aliphatic heterocycles. The molecule has 4 heterocycles. The van der Waals surface area contributed by atoms with Gasteiger partial charge in [-0.15, -0.1) is 0 Å². The molecule has 0 bridgehead atoms. The molecule has 3 atom stereocenters. The topological polar surface area (TPSA) is 94.8 Å². The third-order valence-corrected chi connectivity index (χ3v) is 8.15. The van der Waals surface area contributed by atoms with E-state index in [-0.39, 0.29) is 56.7 Å². The number of halogens is 4. The van der Waals surface area contributed by atoms with E-state index in [2.05, 4.69) is 27.5 Å². The summed E-state index contributed by atoms with van der Waals surface area (Å²) in [5.41, 5.74) is 0.378. The van der Waals surface area contributed by atoms with Crippen molar-refractivity contribution in [1.82, 2.24) is 19.8 Å². The molecule has 3 aliphatic rings. The van der Waals surface area contributed by atoms with Gasteiger partial charge < -0.3 is 24.2 Å². The Hall–Kier alpha value is -3.76. The Balaban J connectivity index is 1.47. The molecule has 2 fully saturated rings. The lowest BCUT2D eigenvalue weighted by Gasteiger charge is -2.42.